The van der Waals surface area contributed by atoms with E-state index in [0.717, 1.165) is 25.9 Å². The second kappa shape index (κ2) is 9.26. The summed E-state index contributed by atoms with van der Waals surface area (Å²) in [5, 5.41) is 7.25. The van der Waals surface area contributed by atoms with Gasteiger partial charge in [0.15, 0.2) is 11.4 Å². The van der Waals surface area contributed by atoms with Gasteiger partial charge in [-0.05, 0) is 54.7 Å². The molecule has 0 unspecified atom stereocenters. The van der Waals surface area contributed by atoms with Crippen LogP contribution in [0.25, 0.3) is 0 Å². The van der Waals surface area contributed by atoms with E-state index in [1.54, 1.807) is 19.2 Å². The molecule has 1 fully saturated rings. The van der Waals surface area contributed by atoms with Crippen molar-refractivity contribution in [3.63, 3.8) is 0 Å². The standard InChI is InChI=1S/C25H28N4O3/c1-17(2)18-9-11-21(12-10-18)32-22-16-26-28(3)25(31)23(22)27-20-8-6-7-19(15-20)24(30)29-13-4-5-14-29/h6-12,15-17,27H,4-5,13-14H2,1-3H3. The molecular formula is C25H28N4O3. The van der Waals surface area contributed by atoms with Gasteiger partial charge in [-0.2, -0.15) is 5.10 Å². The SMILES string of the molecule is CC(C)c1ccc(Oc2cnn(C)c(=O)c2Nc2cccc(C(=O)N3CCCC3)c2)cc1. The Kier molecular flexibility index (Phi) is 6.25. The summed E-state index contributed by atoms with van der Waals surface area (Å²) in [4.78, 5) is 27.5. The molecule has 166 valence electrons. The number of ether oxygens (including phenoxy) is 1. The van der Waals surface area contributed by atoms with Crippen LogP contribution in [0.15, 0.2) is 59.5 Å². The second-order valence-corrected chi connectivity index (χ2v) is 8.34. The van der Waals surface area contributed by atoms with E-state index in [1.165, 1.54) is 16.4 Å². The zero-order valence-electron chi connectivity index (χ0n) is 18.7. The van der Waals surface area contributed by atoms with Crippen LogP contribution >= 0.6 is 0 Å². The molecule has 0 radical (unpaired) electrons. The van der Waals surface area contributed by atoms with Gasteiger partial charge in [-0.3, -0.25) is 9.59 Å². The lowest BCUT2D eigenvalue weighted by atomic mass is 10.0. The first kappa shape index (κ1) is 21.6. The van der Waals surface area contributed by atoms with Crippen LogP contribution in [0.1, 0.15) is 48.5 Å². The van der Waals surface area contributed by atoms with Gasteiger partial charge in [0.1, 0.15) is 5.75 Å². The molecule has 4 rings (SSSR count). The third kappa shape index (κ3) is 4.66. The maximum atomic E-state index is 12.8. The molecule has 7 heteroatoms. The number of nitrogens with one attached hydrogen (secondary N) is 1. The van der Waals surface area contributed by atoms with E-state index >= 15 is 0 Å². The van der Waals surface area contributed by atoms with Crippen molar-refractivity contribution in [2.24, 2.45) is 7.05 Å². The highest BCUT2D eigenvalue weighted by molar-refractivity contribution is 5.95. The number of benzene rings is 2. The van der Waals surface area contributed by atoms with Crippen molar-refractivity contribution >= 4 is 17.3 Å². The summed E-state index contributed by atoms with van der Waals surface area (Å²) in [6.07, 6.45) is 3.59. The predicted octanol–water partition coefficient (Wildman–Crippen LogP) is 4.68. The number of hydrogen-bond donors (Lipinski definition) is 1. The third-order valence-corrected chi connectivity index (χ3v) is 5.65. The molecule has 1 saturated heterocycles. The monoisotopic (exact) mass is 432 g/mol. The Labute approximate surface area is 187 Å². The summed E-state index contributed by atoms with van der Waals surface area (Å²) in [6, 6.07) is 15.0. The van der Waals surface area contributed by atoms with Gasteiger partial charge in [0.2, 0.25) is 0 Å². The molecule has 32 heavy (non-hydrogen) atoms. The Balaban J connectivity index is 1.61. The van der Waals surface area contributed by atoms with Crippen LogP contribution in [0.4, 0.5) is 11.4 Å². The number of anilines is 2. The fraction of sp³-hybridized carbons (Fsp3) is 0.320. The van der Waals surface area contributed by atoms with E-state index in [4.69, 9.17) is 4.74 Å². The summed E-state index contributed by atoms with van der Waals surface area (Å²) in [7, 11) is 1.59. The fourth-order valence-electron chi connectivity index (χ4n) is 3.74. The van der Waals surface area contributed by atoms with E-state index < -0.39 is 0 Å². The Bertz CT molecular complexity index is 1160. The number of likely N-dealkylation sites (tertiary alicyclic amines) is 1. The number of carbonyl (C=O) groups excluding carboxylic acids is 1. The molecule has 2 aromatic carbocycles. The van der Waals surface area contributed by atoms with Gasteiger partial charge in [0.05, 0.1) is 6.20 Å². The zero-order valence-corrected chi connectivity index (χ0v) is 18.7. The van der Waals surface area contributed by atoms with Crippen LogP contribution in [0.3, 0.4) is 0 Å². The highest BCUT2D eigenvalue weighted by Crippen LogP contribution is 2.29. The Hall–Kier alpha value is -3.61. The molecule has 1 aromatic heterocycles. The van der Waals surface area contributed by atoms with E-state index in [2.05, 4.69) is 24.3 Å². The molecule has 0 aliphatic carbocycles. The van der Waals surface area contributed by atoms with Gasteiger partial charge in [0.25, 0.3) is 11.5 Å². The highest BCUT2D eigenvalue weighted by atomic mass is 16.5. The minimum atomic E-state index is -0.322. The third-order valence-electron chi connectivity index (χ3n) is 5.65. The molecular weight excluding hydrogens is 404 g/mol. The quantitative estimate of drug-likeness (QED) is 0.612. The van der Waals surface area contributed by atoms with Gasteiger partial charge < -0.3 is 15.0 Å². The number of amides is 1. The molecule has 1 aliphatic heterocycles. The zero-order chi connectivity index (χ0) is 22.7. The number of rotatable bonds is 6. The summed E-state index contributed by atoms with van der Waals surface area (Å²) < 4.78 is 7.24. The van der Waals surface area contributed by atoms with Crippen LogP contribution in [0.2, 0.25) is 0 Å². The van der Waals surface area contributed by atoms with Gasteiger partial charge in [-0.15, -0.1) is 0 Å². The van der Waals surface area contributed by atoms with Crippen LogP contribution in [0.5, 0.6) is 11.5 Å². The molecule has 0 bridgehead atoms. The average Bonchev–Trinajstić information content (AvgIpc) is 3.34. The van der Waals surface area contributed by atoms with Crippen molar-refractivity contribution in [1.82, 2.24) is 14.7 Å². The number of aryl methyl sites for hydroxylation is 1. The predicted molar refractivity (Wildman–Crippen MR) is 125 cm³/mol. The van der Waals surface area contributed by atoms with Crippen molar-refractivity contribution in [1.29, 1.82) is 0 Å². The second-order valence-electron chi connectivity index (χ2n) is 8.34. The molecule has 1 N–H and O–H groups in total. The van der Waals surface area contributed by atoms with E-state index in [0.29, 0.717) is 28.7 Å². The highest BCUT2D eigenvalue weighted by Gasteiger charge is 2.20. The number of carbonyl (C=O) groups is 1. The summed E-state index contributed by atoms with van der Waals surface area (Å²) in [6.45, 7) is 5.83. The molecule has 0 atom stereocenters. The van der Waals surface area contributed by atoms with Crippen LogP contribution in [-0.4, -0.2) is 33.7 Å². The molecule has 0 saturated carbocycles. The van der Waals surface area contributed by atoms with Crippen molar-refractivity contribution in [2.45, 2.75) is 32.6 Å². The average molecular weight is 433 g/mol. The Morgan fingerprint density at radius 3 is 2.50 bits per heavy atom. The molecule has 3 aromatic rings. The first-order chi connectivity index (χ1) is 15.4. The van der Waals surface area contributed by atoms with Gasteiger partial charge in [-0.1, -0.05) is 32.0 Å². The molecule has 2 heterocycles. The lowest BCUT2D eigenvalue weighted by molar-refractivity contribution is 0.0793. The lowest BCUT2D eigenvalue weighted by Gasteiger charge is -2.17. The maximum Gasteiger partial charge on any atom is 0.294 e. The van der Waals surface area contributed by atoms with Crippen LogP contribution in [0, 0.1) is 0 Å². The van der Waals surface area contributed by atoms with Crippen molar-refractivity contribution in [3.05, 3.63) is 76.2 Å². The van der Waals surface area contributed by atoms with Gasteiger partial charge >= 0.3 is 0 Å². The van der Waals surface area contributed by atoms with Gasteiger partial charge in [-0.25, -0.2) is 4.68 Å². The molecule has 1 aliphatic rings. The Morgan fingerprint density at radius 1 is 1.09 bits per heavy atom. The number of aromatic nitrogens is 2. The minimum Gasteiger partial charge on any atom is -0.453 e. The largest absolute Gasteiger partial charge is 0.453 e. The van der Waals surface area contributed by atoms with Gasteiger partial charge in [0, 0.05) is 31.4 Å². The van der Waals surface area contributed by atoms with E-state index in [9.17, 15) is 9.59 Å². The smallest absolute Gasteiger partial charge is 0.294 e. The molecule has 0 spiro atoms. The topological polar surface area (TPSA) is 76.5 Å². The molecule has 1 amide bonds. The fourth-order valence-corrected chi connectivity index (χ4v) is 3.74. The number of hydrogen-bond acceptors (Lipinski definition) is 5. The number of nitrogens with zero attached hydrogens (tertiary/aromatic N) is 3. The summed E-state index contributed by atoms with van der Waals surface area (Å²) in [5.41, 5.74) is 2.38. The van der Waals surface area contributed by atoms with Crippen LogP contribution < -0.4 is 15.6 Å². The minimum absolute atomic E-state index is 0.00972. The normalized spacial score (nSPS) is 13.4. The summed E-state index contributed by atoms with van der Waals surface area (Å²) in [5.74, 6) is 1.37. The van der Waals surface area contributed by atoms with Crippen molar-refractivity contribution < 1.29 is 9.53 Å². The van der Waals surface area contributed by atoms with Crippen LogP contribution in [-0.2, 0) is 7.05 Å². The molecule has 7 nitrogen and oxygen atoms in total. The summed E-state index contributed by atoms with van der Waals surface area (Å²) >= 11 is 0. The maximum absolute atomic E-state index is 12.8. The van der Waals surface area contributed by atoms with Crippen molar-refractivity contribution in [3.8, 4) is 11.5 Å². The Morgan fingerprint density at radius 2 is 1.81 bits per heavy atom. The lowest BCUT2D eigenvalue weighted by Crippen LogP contribution is -2.27. The van der Waals surface area contributed by atoms with E-state index in [1.807, 2.05) is 41.3 Å². The first-order valence-electron chi connectivity index (χ1n) is 10.9. The first-order valence-corrected chi connectivity index (χ1v) is 10.9. The van der Waals surface area contributed by atoms with E-state index in [-0.39, 0.29) is 17.2 Å². The van der Waals surface area contributed by atoms with Crippen molar-refractivity contribution in [2.75, 3.05) is 18.4 Å².